The van der Waals surface area contributed by atoms with E-state index in [9.17, 15) is 0 Å². The Hall–Kier alpha value is -1.47. The molecule has 0 amide bonds. The second kappa shape index (κ2) is 11.5. The SMILES string of the molecule is CCCCOc1ccc(-c2ccc(CC[C@H]3CC[C@H](CCCl)CC3)cc2)cc1. The number of alkyl halides is 1. The maximum atomic E-state index is 5.90. The minimum absolute atomic E-state index is 0.804. The second-order valence-electron chi connectivity index (χ2n) is 8.33. The lowest BCUT2D eigenvalue weighted by atomic mass is 9.78. The molecule has 1 saturated carbocycles. The molecule has 2 heteroatoms. The van der Waals surface area contributed by atoms with E-state index in [4.69, 9.17) is 16.3 Å². The van der Waals surface area contributed by atoms with Crippen molar-refractivity contribution in [2.45, 2.75) is 64.7 Å². The van der Waals surface area contributed by atoms with Crippen LogP contribution in [0.1, 0.15) is 63.9 Å². The summed E-state index contributed by atoms with van der Waals surface area (Å²) in [5.41, 5.74) is 4.00. The van der Waals surface area contributed by atoms with Crippen LogP contribution < -0.4 is 4.74 Å². The summed E-state index contributed by atoms with van der Waals surface area (Å²) in [6, 6.07) is 17.6. The molecular weight excluding hydrogens is 364 g/mol. The molecule has 0 radical (unpaired) electrons. The molecule has 2 aromatic carbocycles. The number of halogens is 1. The zero-order chi connectivity index (χ0) is 19.6. The van der Waals surface area contributed by atoms with Crippen LogP contribution in [0.25, 0.3) is 11.1 Å². The zero-order valence-electron chi connectivity index (χ0n) is 17.3. The molecule has 1 nitrogen and oxygen atoms in total. The minimum atomic E-state index is 0.804. The number of hydrogen-bond acceptors (Lipinski definition) is 1. The van der Waals surface area contributed by atoms with Gasteiger partial charge in [-0.05, 0) is 66.3 Å². The van der Waals surface area contributed by atoms with Gasteiger partial charge in [0.25, 0.3) is 0 Å². The summed E-state index contributed by atoms with van der Waals surface area (Å²) in [6.07, 6.45) is 11.6. The van der Waals surface area contributed by atoms with Crippen molar-refractivity contribution in [3.05, 3.63) is 54.1 Å². The fourth-order valence-electron chi connectivity index (χ4n) is 4.28. The van der Waals surface area contributed by atoms with Crippen LogP contribution in [-0.2, 0) is 6.42 Å². The fourth-order valence-corrected chi connectivity index (χ4v) is 4.58. The third-order valence-electron chi connectivity index (χ3n) is 6.23. The topological polar surface area (TPSA) is 9.23 Å². The average molecular weight is 399 g/mol. The van der Waals surface area contributed by atoms with Gasteiger partial charge in [0.15, 0.2) is 0 Å². The average Bonchev–Trinajstić information content (AvgIpc) is 2.75. The normalized spacial score (nSPS) is 19.5. The molecule has 1 aliphatic rings. The highest BCUT2D eigenvalue weighted by Crippen LogP contribution is 2.33. The molecule has 1 aliphatic carbocycles. The molecule has 0 bridgehead atoms. The summed E-state index contributed by atoms with van der Waals surface area (Å²) in [6.45, 7) is 2.99. The molecule has 0 saturated heterocycles. The Kier molecular flexibility index (Phi) is 8.73. The zero-order valence-corrected chi connectivity index (χ0v) is 18.1. The third kappa shape index (κ3) is 6.55. The summed E-state index contributed by atoms with van der Waals surface area (Å²) in [7, 11) is 0. The molecule has 152 valence electrons. The lowest BCUT2D eigenvalue weighted by molar-refractivity contribution is 0.259. The molecule has 0 N–H and O–H groups in total. The van der Waals surface area contributed by atoms with Crippen molar-refractivity contribution in [2.75, 3.05) is 12.5 Å². The summed E-state index contributed by atoms with van der Waals surface area (Å²) >= 11 is 5.90. The second-order valence-corrected chi connectivity index (χ2v) is 8.70. The summed E-state index contributed by atoms with van der Waals surface area (Å²) in [4.78, 5) is 0. The number of benzene rings is 2. The van der Waals surface area contributed by atoms with E-state index < -0.39 is 0 Å². The highest BCUT2D eigenvalue weighted by Gasteiger charge is 2.20. The van der Waals surface area contributed by atoms with Crippen LogP contribution in [0.4, 0.5) is 0 Å². The van der Waals surface area contributed by atoms with Crippen LogP contribution in [0.3, 0.4) is 0 Å². The van der Waals surface area contributed by atoms with E-state index in [1.807, 2.05) is 0 Å². The number of hydrogen-bond donors (Lipinski definition) is 0. The number of rotatable bonds is 10. The Bertz CT molecular complexity index is 669. The van der Waals surface area contributed by atoms with Gasteiger partial charge in [0.05, 0.1) is 6.61 Å². The Morgan fingerprint density at radius 2 is 1.39 bits per heavy atom. The van der Waals surface area contributed by atoms with Gasteiger partial charge in [0.1, 0.15) is 5.75 Å². The number of unbranched alkanes of at least 4 members (excludes halogenated alkanes) is 1. The summed E-state index contributed by atoms with van der Waals surface area (Å²) in [5, 5.41) is 0. The quantitative estimate of drug-likeness (QED) is 0.292. The Morgan fingerprint density at radius 1 is 0.821 bits per heavy atom. The van der Waals surface area contributed by atoms with Gasteiger partial charge in [-0.2, -0.15) is 0 Å². The van der Waals surface area contributed by atoms with Crippen molar-refractivity contribution in [3.8, 4) is 16.9 Å². The molecular formula is C26H35ClO. The van der Waals surface area contributed by atoms with E-state index >= 15 is 0 Å². The first-order valence-electron chi connectivity index (χ1n) is 11.2. The standard InChI is InChI=1S/C26H35ClO/c1-2-3-20-28-26-16-14-25(15-17-26)24-12-10-22(11-13-24)5-4-21-6-8-23(9-7-21)18-19-27/h10-17,21,23H,2-9,18-20H2,1H3/t21-,23-. The summed E-state index contributed by atoms with van der Waals surface area (Å²) in [5.74, 6) is 3.59. The van der Waals surface area contributed by atoms with Gasteiger partial charge in [-0.25, -0.2) is 0 Å². The smallest absolute Gasteiger partial charge is 0.119 e. The molecule has 1 fully saturated rings. The third-order valence-corrected chi connectivity index (χ3v) is 6.45. The van der Waals surface area contributed by atoms with Crippen molar-refractivity contribution >= 4 is 11.6 Å². The van der Waals surface area contributed by atoms with Gasteiger partial charge in [-0.15, -0.1) is 11.6 Å². The molecule has 3 rings (SSSR count). The number of aryl methyl sites for hydroxylation is 1. The minimum Gasteiger partial charge on any atom is -0.494 e. The van der Waals surface area contributed by atoms with Crippen molar-refractivity contribution < 1.29 is 4.74 Å². The Labute approximate surface area is 176 Å². The van der Waals surface area contributed by atoms with Crippen molar-refractivity contribution in [1.82, 2.24) is 0 Å². The first-order valence-corrected chi connectivity index (χ1v) is 11.7. The van der Waals surface area contributed by atoms with E-state index in [0.29, 0.717) is 0 Å². The molecule has 0 atom stereocenters. The highest BCUT2D eigenvalue weighted by atomic mass is 35.5. The molecule has 0 aliphatic heterocycles. The predicted octanol–water partition coefficient (Wildman–Crippen LogP) is 7.90. The lowest BCUT2D eigenvalue weighted by Crippen LogP contribution is -2.15. The van der Waals surface area contributed by atoms with E-state index in [0.717, 1.165) is 36.5 Å². The van der Waals surface area contributed by atoms with E-state index in [2.05, 4.69) is 55.5 Å². The fraction of sp³-hybridized carbons (Fsp3) is 0.538. The molecule has 0 aromatic heterocycles. The van der Waals surface area contributed by atoms with Gasteiger partial charge < -0.3 is 4.74 Å². The maximum Gasteiger partial charge on any atom is 0.119 e. The van der Waals surface area contributed by atoms with Gasteiger partial charge >= 0.3 is 0 Å². The highest BCUT2D eigenvalue weighted by molar-refractivity contribution is 6.17. The van der Waals surface area contributed by atoms with Gasteiger partial charge in [0, 0.05) is 5.88 Å². The molecule has 0 heterocycles. The maximum absolute atomic E-state index is 5.90. The van der Waals surface area contributed by atoms with Gasteiger partial charge in [0.2, 0.25) is 0 Å². The van der Waals surface area contributed by atoms with Crippen LogP contribution in [0.15, 0.2) is 48.5 Å². The van der Waals surface area contributed by atoms with Crippen molar-refractivity contribution in [3.63, 3.8) is 0 Å². The van der Waals surface area contributed by atoms with Crippen molar-refractivity contribution in [2.24, 2.45) is 11.8 Å². The van der Waals surface area contributed by atoms with Crippen molar-refractivity contribution in [1.29, 1.82) is 0 Å². The largest absolute Gasteiger partial charge is 0.494 e. The van der Waals surface area contributed by atoms with Crippen LogP contribution in [0, 0.1) is 11.8 Å². The van der Waals surface area contributed by atoms with Crippen LogP contribution in [0.2, 0.25) is 0 Å². The van der Waals surface area contributed by atoms with E-state index in [1.165, 1.54) is 68.1 Å². The Morgan fingerprint density at radius 3 is 1.96 bits per heavy atom. The predicted molar refractivity (Wildman–Crippen MR) is 121 cm³/mol. The first-order chi connectivity index (χ1) is 13.8. The van der Waals surface area contributed by atoms with E-state index in [-0.39, 0.29) is 0 Å². The number of ether oxygens (including phenoxy) is 1. The molecule has 28 heavy (non-hydrogen) atoms. The first kappa shape index (κ1) is 21.2. The lowest BCUT2D eigenvalue weighted by Gasteiger charge is -2.28. The molecule has 2 aromatic rings. The van der Waals surface area contributed by atoms with Crippen LogP contribution in [-0.4, -0.2) is 12.5 Å². The summed E-state index contributed by atoms with van der Waals surface area (Å²) < 4.78 is 5.76. The molecule has 0 unspecified atom stereocenters. The molecule has 0 spiro atoms. The van der Waals surface area contributed by atoms with Gasteiger partial charge in [-0.1, -0.05) is 75.4 Å². The van der Waals surface area contributed by atoms with Crippen LogP contribution >= 0.6 is 11.6 Å². The Balaban J connectivity index is 1.46. The van der Waals surface area contributed by atoms with Crippen LogP contribution in [0.5, 0.6) is 5.75 Å². The monoisotopic (exact) mass is 398 g/mol. The van der Waals surface area contributed by atoms with E-state index in [1.54, 1.807) is 0 Å². The van der Waals surface area contributed by atoms with Gasteiger partial charge in [-0.3, -0.25) is 0 Å².